The lowest BCUT2D eigenvalue weighted by Gasteiger charge is -2.07. The highest BCUT2D eigenvalue weighted by Crippen LogP contribution is 2.28. The highest BCUT2D eigenvalue weighted by Gasteiger charge is 2.21. The minimum Gasteiger partial charge on any atom is -0.346 e. The molecule has 0 aliphatic carbocycles. The van der Waals surface area contributed by atoms with Crippen LogP contribution in [0.15, 0.2) is 33.8 Å². The van der Waals surface area contributed by atoms with E-state index in [1.165, 1.54) is 16.0 Å². The van der Waals surface area contributed by atoms with E-state index in [-0.39, 0.29) is 11.5 Å². The number of aryl methyl sites for hydroxylation is 3. The predicted octanol–water partition coefficient (Wildman–Crippen LogP) is 3.17. The summed E-state index contributed by atoms with van der Waals surface area (Å²) in [6, 6.07) is 3.81. The molecule has 4 aromatic rings. The number of nitrogens with zero attached hydrogens (tertiary/aromatic N) is 5. The minimum atomic E-state index is -0.241. The normalized spacial score (nSPS) is 11.2. The van der Waals surface area contributed by atoms with Gasteiger partial charge in [-0.1, -0.05) is 0 Å². The number of halogens is 1. The zero-order chi connectivity index (χ0) is 21.6. The second-order valence-electron chi connectivity index (χ2n) is 6.98. The van der Waals surface area contributed by atoms with Crippen molar-refractivity contribution >= 4 is 38.8 Å². The highest BCUT2D eigenvalue weighted by molar-refractivity contribution is 9.10. The molecule has 0 aliphatic rings. The second kappa shape index (κ2) is 7.77. The van der Waals surface area contributed by atoms with Gasteiger partial charge in [0.05, 0.1) is 29.2 Å². The Labute approximate surface area is 184 Å². The van der Waals surface area contributed by atoms with Crippen molar-refractivity contribution < 1.29 is 4.79 Å². The first-order chi connectivity index (χ1) is 14.2. The van der Waals surface area contributed by atoms with Crippen molar-refractivity contribution in [3.63, 3.8) is 0 Å². The molecule has 0 unspecified atom stereocenters. The first-order valence-corrected chi connectivity index (χ1v) is 10.8. The van der Waals surface area contributed by atoms with Gasteiger partial charge in [-0.15, -0.1) is 11.3 Å². The Balaban J connectivity index is 1.59. The van der Waals surface area contributed by atoms with Crippen LogP contribution in [0, 0.1) is 20.8 Å². The third-order valence-electron chi connectivity index (χ3n) is 4.84. The fourth-order valence-electron chi connectivity index (χ4n) is 3.17. The van der Waals surface area contributed by atoms with Gasteiger partial charge >= 0.3 is 0 Å². The standard InChI is InChI=1S/C20H19BrN6O2S/c1-10-11(2)25-26(4)20(29)16(10)19-23-12(3)17(30-19)18(28)22-7-14-9-27-8-13(21)5-6-15(27)24-14/h5-6,8-9H,7H2,1-4H3,(H,22,28). The summed E-state index contributed by atoms with van der Waals surface area (Å²) in [5.74, 6) is -0.241. The molecule has 30 heavy (non-hydrogen) atoms. The summed E-state index contributed by atoms with van der Waals surface area (Å²) < 4.78 is 4.14. The molecular weight excluding hydrogens is 468 g/mol. The average Bonchev–Trinajstić information content (AvgIpc) is 3.27. The van der Waals surface area contributed by atoms with Gasteiger partial charge in [0, 0.05) is 23.9 Å². The van der Waals surface area contributed by atoms with Gasteiger partial charge in [0.15, 0.2) is 0 Å². The van der Waals surface area contributed by atoms with E-state index in [9.17, 15) is 9.59 Å². The molecule has 1 amide bonds. The molecule has 10 heteroatoms. The Kier molecular flexibility index (Phi) is 5.29. The number of fused-ring (bicyclic) bond motifs is 1. The van der Waals surface area contributed by atoms with E-state index >= 15 is 0 Å². The number of hydrogen-bond donors (Lipinski definition) is 1. The number of carbonyl (C=O) groups is 1. The van der Waals surface area contributed by atoms with Crippen LogP contribution in [0.3, 0.4) is 0 Å². The van der Waals surface area contributed by atoms with Crippen LogP contribution in [0.2, 0.25) is 0 Å². The van der Waals surface area contributed by atoms with E-state index in [0.717, 1.165) is 27.1 Å². The third kappa shape index (κ3) is 3.68. The molecule has 0 aliphatic heterocycles. The van der Waals surface area contributed by atoms with E-state index in [1.807, 2.05) is 42.8 Å². The fraction of sp³-hybridized carbons (Fsp3) is 0.250. The van der Waals surface area contributed by atoms with Crippen LogP contribution >= 0.6 is 27.3 Å². The van der Waals surface area contributed by atoms with E-state index in [4.69, 9.17) is 0 Å². The lowest BCUT2D eigenvalue weighted by molar-refractivity contribution is 0.0953. The smallest absolute Gasteiger partial charge is 0.277 e. The van der Waals surface area contributed by atoms with Gasteiger partial charge in [-0.2, -0.15) is 5.10 Å². The maximum Gasteiger partial charge on any atom is 0.277 e. The summed E-state index contributed by atoms with van der Waals surface area (Å²) in [6.07, 6.45) is 3.78. The van der Waals surface area contributed by atoms with Crippen LogP contribution in [0.25, 0.3) is 16.2 Å². The number of imidazole rings is 1. The van der Waals surface area contributed by atoms with E-state index in [1.54, 1.807) is 14.0 Å². The van der Waals surface area contributed by atoms with Crippen LogP contribution in [-0.2, 0) is 13.6 Å². The summed E-state index contributed by atoms with van der Waals surface area (Å²) in [7, 11) is 1.61. The Morgan fingerprint density at radius 2 is 1.93 bits per heavy atom. The van der Waals surface area contributed by atoms with Crippen molar-refractivity contribution in [2.24, 2.45) is 7.05 Å². The van der Waals surface area contributed by atoms with Gasteiger partial charge in [-0.05, 0) is 54.4 Å². The van der Waals surface area contributed by atoms with Crippen molar-refractivity contribution in [1.82, 2.24) is 29.5 Å². The van der Waals surface area contributed by atoms with Gasteiger partial charge in [0.2, 0.25) is 0 Å². The Bertz CT molecular complexity index is 1350. The molecule has 0 radical (unpaired) electrons. The van der Waals surface area contributed by atoms with Crippen molar-refractivity contribution in [3.05, 3.63) is 66.9 Å². The maximum absolute atomic E-state index is 12.8. The van der Waals surface area contributed by atoms with Gasteiger partial charge in [0.25, 0.3) is 11.5 Å². The van der Waals surface area contributed by atoms with Crippen LogP contribution in [0.5, 0.6) is 0 Å². The number of rotatable bonds is 4. The molecule has 0 saturated heterocycles. The summed E-state index contributed by atoms with van der Waals surface area (Å²) in [5, 5.41) is 7.62. The van der Waals surface area contributed by atoms with Crippen LogP contribution < -0.4 is 10.9 Å². The van der Waals surface area contributed by atoms with Crippen molar-refractivity contribution in [2.75, 3.05) is 0 Å². The Morgan fingerprint density at radius 3 is 2.70 bits per heavy atom. The zero-order valence-corrected chi connectivity index (χ0v) is 19.3. The van der Waals surface area contributed by atoms with E-state index in [0.29, 0.717) is 27.7 Å². The molecule has 0 saturated carbocycles. The monoisotopic (exact) mass is 486 g/mol. The molecule has 0 spiro atoms. The number of carbonyl (C=O) groups excluding carboxylic acids is 1. The fourth-order valence-corrected chi connectivity index (χ4v) is 4.60. The topological polar surface area (TPSA) is 94.2 Å². The maximum atomic E-state index is 12.8. The number of hydrogen-bond acceptors (Lipinski definition) is 6. The first kappa shape index (κ1) is 20.4. The molecule has 4 aromatic heterocycles. The lowest BCUT2D eigenvalue weighted by Crippen LogP contribution is -2.23. The van der Waals surface area contributed by atoms with E-state index < -0.39 is 0 Å². The highest BCUT2D eigenvalue weighted by atomic mass is 79.9. The second-order valence-corrected chi connectivity index (χ2v) is 8.89. The molecule has 0 bridgehead atoms. The van der Waals surface area contributed by atoms with Gasteiger partial charge < -0.3 is 9.72 Å². The van der Waals surface area contributed by atoms with Crippen molar-refractivity contribution in [3.8, 4) is 10.6 Å². The summed E-state index contributed by atoms with van der Waals surface area (Å²) in [6.45, 7) is 5.75. The van der Waals surface area contributed by atoms with Gasteiger partial charge in [-0.25, -0.2) is 14.6 Å². The summed E-state index contributed by atoms with van der Waals surface area (Å²) >= 11 is 4.64. The largest absolute Gasteiger partial charge is 0.346 e. The SMILES string of the molecule is Cc1nc(-c2c(C)c(C)nn(C)c2=O)sc1C(=O)NCc1cn2cc(Br)ccc2n1. The molecular formula is C20H19BrN6O2S. The van der Waals surface area contributed by atoms with Gasteiger partial charge in [0.1, 0.15) is 15.5 Å². The number of thiazole rings is 1. The first-order valence-electron chi connectivity index (χ1n) is 9.18. The summed E-state index contributed by atoms with van der Waals surface area (Å²) in [5.41, 5.74) is 3.93. The summed E-state index contributed by atoms with van der Waals surface area (Å²) in [4.78, 5) is 34.9. The Morgan fingerprint density at radius 1 is 1.17 bits per heavy atom. The molecule has 154 valence electrons. The van der Waals surface area contributed by atoms with E-state index in [2.05, 4.69) is 36.3 Å². The van der Waals surface area contributed by atoms with Crippen LogP contribution in [0.1, 0.15) is 32.3 Å². The predicted molar refractivity (Wildman–Crippen MR) is 119 cm³/mol. The third-order valence-corrected chi connectivity index (χ3v) is 6.48. The quantitative estimate of drug-likeness (QED) is 0.477. The average molecular weight is 487 g/mol. The number of pyridine rings is 1. The van der Waals surface area contributed by atoms with Gasteiger partial charge in [-0.3, -0.25) is 9.59 Å². The van der Waals surface area contributed by atoms with Crippen molar-refractivity contribution in [2.45, 2.75) is 27.3 Å². The lowest BCUT2D eigenvalue weighted by atomic mass is 10.1. The zero-order valence-electron chi connectivity index (χ0n) is 16.9. The molecule has 0 atom stereocenters. The number of aromatic nitrogens is 5. The molecule has 1 N–H and O–H groups in total. The minimum absolute atomic E-state index is 0.227. The van der Waals surface area contributed by atoms with Crippen LogP contribution in [-0.4, -0.2) is 30.1 Å². The molecule has 0 aromatic carbocycles. The Hall–Kier alpha value is -2.85. The number of nitrogens with one attached hydrogen (secondary N) is 1. The van der Waals surface area contributed by atoms with Crippen molar-refractivity contribution in [1.29, 1.82) is 0 Å². The molecule has 4 rings (SSSR count). The molecule has 4 heterocycles. The number of amides is 1. The molecule has 0 fully saturated rings. The molecule has 8 nitrogen and oxygen atoms in total. The van der Waals surface area contributed by atoms with Crippen LogP contribution in [0.4, 0.5) is 0 Å².